The number of nitrogens with zero attached hydrogens (tertiary/aromatic N) is 2. The van der Waals surface area contributed by atoms with E-state index in [0.29, 0.717) is 16.3 Å². The first-order valence-electron chi connectivity index (χ1n) is 16.4. The van der Waals surface area contributed by atoms with E-state index in [4.69, 9.17) is 0 Å². The van der Waals surface area contributed by atoms with Crippen molar-refractivity contribution in [2.75, 3.05) is 10.7 Å². The monoisotopic (exact) mass is 666 g/mol. The largest absolute Gasteiger partial charge is 0.304 e. The fourth-order valence-corrected chi connectivity index (χ4v) is 8.14. The summed E-state index contributed by atoms with van der Waals surface area (Å²) in [4.78, 5) is 29.2. The minimum Gasteiger partial charge on any atom is -0.304 e. The summed E-state index contributed by atoms with van der Waals surface area (Å²) < 4.78 is 2.23. The minimum atomic E-state index is -0.0701. The Labute approximate surface area is 290 Å². The molecule has 4 nitrogen and oxygen atoms in total. The zero-order chi connectivity index (χ0) is 33.6. The molecule has 0 unspecified atom stereocenters. The Morgan fingerprint density at radius 2 is 1.71 bits per heavy atom. The van der Waals surface area contributed by atoms with Crippen LogP contribution in [0, 0.1) is 0 Å². The number of rotatable bonds is 6. The molecule has 0 saturated carbocycles. The van der Waals surface area contributed by atoms with E-state index in [1.54, 1.807) is 29.2 Å². The van der Waals surface area contributed by atoms with Crippen LogP contribution in [-0.4, -0.2) is 16.6 Å². The number of allylic oxidation sites excluding steroid dienone is 7. The lowest BCUT2D eigenvalue weighted by molar-refractivity contribution is -0.104. The number of para-hydroxylation sites is 2. The van der Waals surface area contributed by atoms with E-state index in [9.17, 15) is 9.59 Å². The van der Waals surface area contributed by atoms with E-state index in [-0.39, 0.29) is 5.43 Å². The lowest BCUT2D eigenvalue weighted by atomic mass is 9.96. The van der Waals surface area contributed by atoms with Gasteiger partial charge in [0, 0.05) is 39.1 Å². The number of carbonyl (C=O) groups is 1. The molecule has 0 N–H and O–H groups in total. The van der Waals surface area contributed by atoms with Crippen molar-refractivity contribution in [3.8, 4) is 16.1 Å². The Balaban J connectivity index is 0.00000197. The molecule has 5 aromatic rings. The highest BCUT2D eigenvalue weighted by atomic mass is 32.2. The van der Waals surface area contributed by atoms with E-state index in [1.165, 1.54) is 0 Å². The van der Waals surface area contributed by atoms with E-state index < -0.39 is 0 Å². The molecule has 0 amide bonds. The molecule has 0 fully saturated rings. The van der Waals surface area contributed by atoms with Crippen LogP contribution in [0.4, 0.5) is 5.69 Å². The lowest BCUT2D eigenvalue weighted by Crippen LogP contribution is -2.46. The van der Waals surface area contributed by atoms with Crippen LogP contribution in [0.15, 0.2) is 130 Å². The minimum absolute atomic E-state index is 0.0701. The first-order chi connectivity index (χ1) is 23.6. The van der Waals surface area contributed by atoms with Crippen molar-refractivity contribution in [2.24, 2.45) is 0 Å². The molecule has 2 aliphatic rings. The maximum Gasteiger partial charge on any atom is 0.197 e. The first kappa shape index (κ1) is 33.0. The predicted octanol–water partition coefficient (Wildman–Crippen LogP) is 9.22. The van der Waals surface area contributed by atoms with Crippen LogP contribution in [0.5, 0.6) is 0 Å². The van der Waals surface area contributed by atoms with Gasteiger partial charge in [-0.25, -0.2) is 0 Å². The molecular formula is C42H38N2O2S2. The second kappa shape index (κ2) is 14.9. The molecule has 7 rings (SSSR count). The summed E-state index contributed by atoms with van der Waals surface area (Å²) in [5, 5.41) is 6.07. The van der Waals surface area contributed by atoms with Gasteiger partial charge in [0.05, 0.1) is 32.3 Å². The standard InChI is InChI=1S/C40H32N2O2S2.C2H6/c1-3-12-27(4-2)31-17-9-18-33-39(31)42(37-20-11-24-46-37)35-25-29-15-8-16-32(28-13-6-5-7-14-28)38(29)41(36-19-10-23-45-36)30(21-22-43)26-34(35)40(33)44;1-2/h3-9,11-22,24-26H,10,23H2,1-2H3;1-2H3/b12-3-,27-4+,30-21-,34-26+,35-25+;. The number of carbonyl (C=O) groups excluding carboxylic acids is 1. The van der Waals surface area contributed by atoms with E-state index in [2.05, 4.69) is 81.6 Å². The highest BCUT2D eigenvalue weighted by Crippen LogP contribution is 2.43. The van der Waals surface area contributed by atoms with Gasteiger partial charge in [0.15, 0.2) is 5.43 Å². The summed E-state index contributed by atoms with van der Waals surface area (Å²) in [6.07, 6.45) is 15.8. The van der Waals surface area contributed by atoms with Crippen LogP contribution in [0.2, 0.25) is 0 Å². The number of hydrogen-bond donors (Lipinski definition) is 0. The van der Waals surface area contributed by atoms with E-state index in [1.807, 2.05) is 76.2 Å². The molecule has 0 bridgehead atoms. The fourth-order valence-electron chi connectivity index (χ4n) is 6.39. The number of thiophene rings is 1. The van der Waals surface area contributed by atoms with Crippen molar-refractivity contribution in [3.05, 3.63) is 157 Å². The molecule has 0 spiro atoms. The average molecular weight is 667 g/mol. The van der Waals surface area contributed by atoms with Crippen molar-refractivity contribution < 1.29 is 4.79 Å². The third kappa shape index (κ3) is 5.98. The van der Waals surface area contributed by atoms with Gasteiger partial charge in [-0.1, -0.05) is 98.8 Å². The number of benzene rings is 3. The normalized spacial score (nSPS) is 16.5. The Bertz CT molecular complexity index is 2290. The molecule has 0 saturated heterocycles. The SMILES string of the molecule is C/C=C\C(=C/C)c1cccc2c(=O)c3/c(n(-c4cccs4)c12)=C\c1cccc(-c2ccccc2)c1N(C1=CCCS1)C(=C/C=O)\C=3.CC. The number of anilines is 1. The van der Waals surface area contributed by atoms with Crippen molar-refractivity contribution in [3.63, 3.8) is 0 Å². The zero-order valence-corrected chi connectivity index (χ0v) is 29.3. The predicted molar refractivity (Wildman–Crippen MR) is 208 cm³/mol. The molecule has 0 radical (unpaired) electrons. The quantitative estimate of drug-likeness (QED) is 0.103. The third-order valence-electron chi connectivity index (χ3n) is 8.32. The number of aromatic nitrogens is 1. The number of aldehydes is 1. The van der Waals surface area contributed by atoms with Gasteiger partial charge < -0.3 is 4.90 Å². The molecule has 2 aliphatic heterocycles. The van der Waals surface area contributed by atoms with Crippen molar-refractivity contribution >= 4 is 63.7 Å². The Hall–Kier alpha value is -4.91. The molecule has 2 aromatic heterocycles. The van der Waals surface area contributed by atoms with E-state index in [0.717, 1.165) is 72.9 Å². The molecular weight excluding hydrogens is 629 g/mol. The van der Waals surface area contributed by atoms with Crippen LogP contribution >= 0.6 is 23.1 Å². The lowest BCUT2D eigenvalue weighted by Gasteiger charge is -2.31. The maximum absolute atomic E-state index is 14.7. The van der Waals surface area contributed by atoms with Gasteiger partial charge in [-0.05, 0) is 67.1 Å². The first-order valence-corrected chi connectivity index (χ1v) is 18.2. The van der Waals surface area contributed by atoms with Crippen LogP contribution in [-0.2, 0) is 4.79 Å². The molecule has 48 heavy (non-hydrogen) atoms. The summed E-state index contributed by atoms with van der Waals surface area (Å²) in [7, 11) is 0. The van der Waals surface area contributed by atoms with Crippen LogP contribution in [0.25, 0.3) is 44.8 Å². The number of thioether (sulfide) groups is 1. The highest BCUT2D eigenvalue weighted by Gasteiger charge is 2.27. The van der Waals surface area contributed by atoms with Gasteiger partial charge in [-0.3, -0.25) is 14.2 Å². The summed E-state index contributed by atoms with van der Waals surface area (Å²) in [6, 6.07) is 26.8. The topological polar surface area (TPSA) is 42.3 Å². The second-order valence-electron chi connectivity index (χ2n) is 11.0. The third-order valence-corrected chi connectivity index (χ3v) is 10.3. The summed E-state index contributed by atoms with van der Waals surface area (Å²) in [5.74, 6) is 0.960. The van der Waals surface area contributed by atoms with Crippen molar-refractivity contribution in [1.29, 1.82) is 0 Å². The molecule has 0 atom stereocenters. The van der Waals surface area contributed by atoms with Crippen LogP contribution < -0.4 is 20.9 Å². The summed E-state index contributed by atoms with van der Waals surface area (Å²) in [6.45, 7) is 8.03. The van der Waals surface area contributed by atoms with E-state index >= 15 is 0 Å². The molecule has 240 valence electrons. The van der Waals surface area contributed by atoms with Gasteiger partial charge in [0.25, 0.3) is 0 Å². The molecule has 6 heteroatoms. The van der Waals surface area contributed by atoms with Crippen molar-refractivity contribution in [1.82, 2.24) is 4.57 Å². The number of hydrogen-bond acceptors (Lipinski definition) is 5. The smallest absolute Gasteiger partial charge is 0.197 e. The van der Waals surface area contributed by atoms with Gasteiger partial charge in [0.1, 0.15) is 6.29 Å². The van der Waals surface area contributed by atoms with Crippen molar-refractivity contribution in [2.45, 2.75) is 34.1 Å². The second-order valence-corrected chi connectivity index (χ2v) is 13.0. The van der Waals surface area contributed by atoms with Gasteiger partial charge in [-0.2, -0.15) is 0 Å². The van der Waals surface area contributed by atoms with Gasteiger partial charge in [0.2, 0.25) is 0 Å². The van der Waals surface area contributed by atoms with Gasteiger partial charge >= 0.3 is 0 Å². The Morgan fingerprint density at radius 1 is 0.896 bits per heavy atom. The number of pyridine rings is 1. The Kier molecular flexibility index (Phi) is 10.2. The van der Waals surface area contributed by atoms with Crippen LogP contribution in [0.3, 0.4) is 0 Å². The maximum atomic E-state index is 14.7. The molecule has 4 heterocycles. The summed E-state index contributed by atoms with van der Waals surface area (Å²) in [5.41, 5.74) is 7.53. The highest BCUT2D eigenvalue weighted by molar-refractivity contribution is 8.03. The average Bonchev–Trinajstić information content (AvgIpc) is 3.86. The fraction of sp³-hybridized carbons (Fsp3) is 0.143. The zero-order valence-electron chi connectivity index (χ0n) is 27.6. The van der Waals surface area contributed by atoms with Crippen LogP contribution in [0.1, 0.15) is 45.2 Å². The molecule has 3 aromatic carbocycles. The Morgan fingerprint density at radius 3 is 2.40 bits per heavy atom. The molecule has 0 aliphatic carbocycles. The number of fused-ring (bicyclic) bond motifs is 3. The van der Waals surface area contributed by atoms with Gasteiger partial charge in [-0.15, -0.1) is 23.1 Å². The summed E-state index contributed by atoms with van der Waals surface area (Å²) >= 11 is 3.40.